The van der Waals surface area contributed by atoms with Crippen molar-refractivity contribution in [2.24, 2.45) is 5.73 Å². The molecule has 17 heavy (non-hydrogen) atoms. The van der Waals surface area contributed by atoms with Gasteiger partial charge in [0.25, 0.3) is 0 Å². The van der Waals surface area contributed by atoms with Crippen LogP contribution in [0.4, 0.5) is 4.79 Å². The molecule has 5 nitrogen and oxygen atoms in total. The third-order valence-electron chi connectivity index (χ3n) is 2.23. The first-order valence-corrected chi connectivity index (χ1v) is 5.62. The van der Waals surface area contributed by atoms with Gasteiger partial charge in [-0.15, -0.1) is 0 Å². The quantitative estimate of drug-likeness (QED) is 0.846. The first-order chi connectivity index (χ1) is 7.79. The number of ether oxygens (including phenoxy) is 1. The third-order valence-corrected chi connectivity index (χ3v) is 2.23. The van der Waals surface area contributed by atoms with Crippen molar-refractivity contribution in [3.8, 4) is 0 Å². The molecule has 0 aliphatic carbocycles. The summed E-state index contributed by atoms with van der Waals surface area (Å²) in [7, 11) is 1.68. The summed E-state index contributed by atoms with van der Waals surface area (Å²) in [5.41, 5.74) is 6.46. The van der Waals surface area contributed by atoms with E-state index in [2.05, 4.69) is 4.98 Å². The second-order valence-corrected chi connectivity index (χ2v) is 5.11. The molecule has 1 rings (SSSR count). The standard InChI is InChI=1S/C12H21N3O2/c1-12(2,3)17-11(16)15(4)8-10(13)9-5-6-14-7-9/h5-7,10,14H,8,13H2,1-4H3. The smallest absolute Gasteiger partial charge is 0.410 e. The molecular weight excluding hydrogens is 218 g/mol. The molecule has 0 spiro atoms. The van der Waals surface area contributed by atoms with Gasteiger partial charge in [0.1, 0.15) is 5.60 Å². The fourth-order valence-electron chi connectivity index (χ4n) is 1.38. The number of nitrogens with one attached hydrogen (secondary N) is 1. The molecule has 0 fully saturated rings. The van der Waals surface area contributed by atoms with Crippen LogP contribution in [0.15, 0.2) is 18.5 Å². The predicted octanol–water partition coefficient (Wildman–Crippen LogP) is 1.88. The van der Waals surface area contributed by atoms with E-state index in [1.807, 2.05) is 39.2 Å². The minimum atomic E-state index is -0.483. The van der Waals surface area contributed by atoms with Gasteiger partial charge in [-0.2, -0.15) is 0 Å². The number of hydrogen-bond donors (Lipinski definition) is 2. The highest BCUT2D eigenvalue weighted by molar-refractivity contribution is 5.67. The number of aromatic amines is 1. The molecule has 0 aromatic carbocycles. The summed E-state index contributed by atoms with van der Waals surface area (Å²) in [6.07, 6.45) is 3.28. The van der Waals surface area contributed by atoms with Crippen LogP contribution in [0.1, 0.15) is 32.4 Å². The monoisotopic (exact) mass is 239 g/mol. The van der Waals surface area contributed by atoms with Crippen LogP contribution in [-0.4, -0.2) is 35.2 Å². The molecule has 1 aromatic rings. The van der Waals surface area contributed by atoms with Gasteiger partial charge in [0, 0.05) is 32.0 Å². The average Bonchev–Trinajstić information content (AvgIpc) is 2.67. The summed E-state index contributed by atoms with van der Waals surface area (Å²) < 4.78 is 5.24. The summed E-state index contributed by atoms with van der Waals surface area (Å²) in [5, 5.41) is 0. The van der Waals surface area contributed by atoms with Crippen LogP contribution in [-0.2, 0) is 4.74 Å². The number of carbonyl (C=O) groups excluding carboxylic acids is 1. The lowest BCUT2D eigenvalue weighted by Crippen LogP contribution is -2.38. The molecule has 1 amide bonds. The normalized spacial score (nSPS) is 13.2. The minimum absolute atomic E-state index is 0.209. The van der Waals surface area contributed by atoms with Gasteiger partial charge in [0.15, 0.2) is 0 Å². The van der Waals surface area contributed by atoms with Crippen LogP contribution < -0.4 is 5.73 Å². The Morgan fingerprint density at radius 3 is 2.71 bits per heavy atom. The van der Waals surface area contributed by atoms with Gasteiger partial charge in [-0.25, -0.2) is 4.79 Å². The van der Waals surface area contributed by atoms with E-state index in [1.54, 1.807) is 7.05 Å². The fourth-order valence-corrected chi connectivity index (χ4v) is 1.38. The number of hydrogen-bond acceptors (Lipinski definition) is 3. The lowest BCUT2D eigenvalue weighted by Gasteiger charge is -2.26. The first-order valence-electron chi connectivity index (χ1n) is 5.62. The van der Waals surface area contributed by atoms with Gasteiger partial charge in [0.05, 0.1) is 0 Å². The van der Waals surface area contributed by atoms with Crippen LogP contribution in [0.5, 0.6) is 0 Å². The van der Waals surface area contributed by atoms with Crippen LogP contribution in [0.25, 0.3) is 0 Å². The molecule has 1 unspecified atom stereocenters. The molecule has 0 saturated heterocycles. The van der Waals surface area contributed by atoms with Gasteiger partial charge in [0.2, 0.25) is 0 Å². The number of carbonyl (C=O) groups is 1. The summed E-state index contributed by atoms with van der Waals surface area (Å²) in [5.74, 6) is 0. The SMILES string of the molecule is CN(CC(N)c1cc[nH]c1)C(=O)OC(C)(C)C. The molecule has 0 bridgehead atoms. The highest BCUT2D eigenvalue weighted by atomic mass is 16.6. The topological polar surface area (TPSA) is 71.3 Å². The number of likely N-dealkylation sites (N-methyl/N-ethyl adjacent to an activating group) is 1. The van der Waals surface area contributed by atoms with Crippen molar-refractivity contribution in [3.05, 3.63) is 24.0 Å². The Hall–Kier alpha value is -1.49. The first kappa shape index (κ1) is 13.6. The molecule has 3 N–H and O–H groups in total. The van der Waals surface area contributed by atoms with Gasteiger partial charge < -0.3 is 20.4 Å². The van der Waals surface area contributed by atoms with Crippen LogP contribution >= 0.6 is 0 Å². The summed E-state index contributed by atoms with van der Waals surface area (Å²) in [4.78, 5) is 16.1. The number of H-pyrrole nitrogens is 1. The molecule has 1 heterocycles. The zero-order valence-electron chi connectivity index (χ0n) is 10.9. The molecule has 1 aromatic heterocycles. The summed E-state index contributed by atoms with van der Waals surface area (Å²) >= 11 is 0. The number of nitrogens with zero attached hydrogens (tertiary/aromatic N) is 1. The van der Waals surface area contributed by atoms with Crippen molar-refractivity contribution >= 4 is 6.09 Å². The van der Waals surface area contributed by atoms with Gasteiger partial charge in [-0.3, -0.25) is 0 Å². The van der Waals surface area contributed by atoms with Gasteiger partial charge in [-0.05, 0) is 32.4 Å². The Morgan fingerprint density at radius 1 is 1.59 bits per heavy atom. The van der Waals surface area contributed by atoms with E-state index < -0.39 is 5.60 Å². The van der Waals surface area contributed by atoms with Crippen LogP contribution in [0.2, 0.25) is 0 Å². The zero-order chi connectivity index (χ0) is 13.1. The van der Waals surface area contributed by atoms with E-state index in [4.69, 9.17) is 10.5 Å². The van der Waals surface area contributed by atoms with Crippen molar-refractivity contribution in [1.29, 1.82) is 0 Å². The second kappa shape index (κ2) is 5.23. The number of rotatable bonds is 3. The second-order valence-electron chi connectivity index (χ2n) is 5.11. The number of nitrogens with two attached hydrogens (primary N) is 1. The number of aromatic nitrogens is 1. The summed E-state index contributed by atoms with van der Waals surface area (Å²) in [6.45, 7) is 5.94. The van der Waals surface area contributed by atoms with Crippen LogP contribution in [0.3, 0.4) is 0 Å². The highest BCUT2D eigenvalue weighted by Gasteiger charge is 2.21. The van der Waals surface area contributed by atoms with Crippen molar-refractivity contribution in [1.82, 2.24) is 9.88 Å². The minimum Gasteiger partial charge on any atom is -0.444 e. The molecule has 0 aliphatic rings. The van der Waals surface area contributed by atoms with Crippen molar-refractivity contribution < 1.29 is 9.53 Å². The van der Waals surface area contributed by atoms with E-state index in [1.165, 1.54) is 4.90 Å². The third kappa shape index (κ3) is 4.48. The van der Waals surface area contributed by atoms with E-state index in [-0.39, 0.29) is 12.1 Å². The zero-order valence-corrected chi connectivity index (χ0v) is 10.9. The van der Waals surface area contributed by atoms with E-state index in [9.17, 15) is 4.79 Å². The molecule has 1 atom stereocenters. The van der Waals surface area contributed by atoms with Gasteiger partial charge in [-0.1, -0.05) is 0 Å². The lowest BCUT2D eigenvalue weighted by molar-refractivity contribution is 0.0289. The van der Waals surface area contributed by atoms with Crippen molar-refractivity contribution in [3.63, 3.8) is 0 Å². The molecule has 5 heteroatoms. The van der Waals surface area contributed by atoms with Crippen molar-refractivity contribution in [2.45, 2.75) is 32.4 Å². The van der Waals surface area contributed by atoms with Gasteiger partial charge >= 0.3 is 6.09 Å². The Morgan fingerprint density at radius 2 is 2.24 bits per heavy atom. The lowest BCUT2D eigenvalue weighted by atomic mass is 10.1. The summed E-state index contributed by atoms with van der Waals surface area (Å²) in [6, 6.07) is 1.69. The molecule has 96 valence electrons. The molecule has 0 saturated carbocycles. The average molecular weight is 239 g/mol. The van der Waals surface area contributed by atoms with E-state index >= 15 is 0 Å². The Kier molecular flexibility index (Phi) is 4.17. The molecule has 0 aliphatic heterocycles. The number of amides is 1. The largest absolute Gasteiger partial charge is 0.444 e. The highest BCUT2D eigenvalue weighted by Crippen LogP contribution is 2.13. The van der Waals surface area contributed by atoms with Crippen LogP contribution in [0, 0.1) is 0 Å². The molecular formula is C12H21N3O2. The predicted molar refractivity (Wildman–Crippen MR) is 66.6 cm³/mol. The maximum atomic E-state index is 11.7. The maximum absolute atomic E-state index is 11.7. The Bertz CT molecular complexity index is 354. The Balaban J connectivity index is 2.49. The maximum Gasteiger partial charge on any atom is 0.410 e. The van der Waals surface area contributed by atoms with Crippen molar-refractivity contribution in [2.75, 3.05) is 13.6 Å². The van der Waals surface area contributed by atoms with E-state index in [0.717, 1.165) is 5.56 Å². The fraction of sp³-hybridized carbons (Fsp3) is 0.583. The van der Waals surface area contributed by atoms with E-state index in [0.29, 0.717) is 6.54 Å². The Labute approximate surface area is 102 Å². The molecule has 0 radical (unpaired) electrons.